The SMILES string of the molecule is Cc1nc2ccccc2c(C)c1CC(=O)NNC(=O)C(C)Oc1ccccc1F. The molecule has 1 heterocycles. The second-order valence-electron chi connectivity index (χ2n) is 6.72. The van der Waals surface area contributed by atoms with Gasteiger partial charge in [0.25, 0.3) is 5.91 Å². The Labute approximate surface area is 168 Å². The summed E-state index contributed by atoms with van der Waals surface area (Å²) in [4.78, 5) is 29.0. The monoisotopic (exact) mass is 395 g/mol. The summed E-state index contributed by atoms with van der Waals surface area (Å²) in [5.41, 5.74) is 8.11. The van der Waals surface area contributed by atoms with Gasteiger partial charge in [-0.2, -0.15) is 0 Å². The summed E-state index contributed by atoms with van der Waals surface area (Å²) >= 11 is 0. The van der Waals surface area contributed by atoms with Crippen LogP contribution < -0.4 is 15.6 Å². The maximum absolute atomic E-state index is 13.6. The fourth-order valence-corrected chi connectivity index (χ4v) is 3.05. The number of halogens is 1. The van der Waals surface area contributed by atoms with Gasteiger partial charge in [0.1, 0.15) is 0 Å². The van der Waals surface area contributed by atoms with Crippen molar-refractivity contribution in [1.82, 2.24) is 15.8 Å². The predicted octanol–water partition coefficient (Wildman–Crippen LogP) is 3.15. The molecule has 2 N–H and O–H groups in total. The first-order chi connectivity index (χ1) is 13.9. The van der Waals surface area contributed by atoms with Crippen molar-refractivity contribution in [3.05, 3.63) is 71.2 Å². The number of hydrogen-bond donors (Lipinski definition) is 2. The Morgan fingerprint density at radius 3 is 2.52 bits per heavy atom. The van der Waals surface area contributed by atoms with Gasteiger partial charge in [0.15, 0.2) is 17.7 Å². The molecule has 0 aliphatic heterocycles. The van der Waals surface area contributed by atoms with Gasteiger partial charge in [0.05, 0.1) is 11.9 Å². The van der Waals surface area contributed by atoms with Crippen LogP contribution >= 0.6 is 0 Å². The lowest BCUT2D eigenvalue weighted by atomic mass is 9.99. The van der Waals surface area contributed by atoms with E-state index in [0.717, 1.165) is 27.7 Å². The third-order valence-electron chi connectivity index (χ3n) is 4.66. The van der Waals surface area contributed by atoms with E-state index in [1.807, 2.05) is 38.1 Å². The Bertz CT molecular complexity index is 1070. The number of rotatable bonds is 5. The van der Waals surface area contributed by atoms with Crippen molar-refractivity contribution in [3.63, 3.8) is 0 Å². The molecule has 3 aromatic rings. The average Bonchev–Trinajstić information content (AvgIpc) is 2.71. The van der Waals surface area contributed by atoms with Gasteiger partial charge in [0.2, 0.25) is 5.91 Å². The zero-order chi connectivity index (χ0) is 21.0. The van der Waals surface area contributed by atoms with Crippen molar-refractivity contribution in [2.24, 2.45) is 0 Å². The number of aryl methyl sites for hydroxylation is 2. The van der Waals surface area contributed by atoms with Crippen LogP contribution in [-0.4, -0.2) is 22.9 Å². The van der Waals surface area contributed by atoms with Gasteiger partial charge in [0, 0.05) is 11.1 Å². The Morgan fingerprint density at radius 1 is 1.07 bits per heavy atom. The molecule has 1 atom stereocenters. The molecule has 0 spiro atoms. The van der Waals surface area contributed by atoms with Crippen molar-refractivity contribution in [3.8, 4) is 5.75 Å². The molecular weight excluding hydrogens is 373 g/mol. The number of hydrazine groups is 1. The van der Waals surface area contributed by atoms with Crippen LogP contribution in [0.5, 0.6) is 5.75 Å². The third kappa shape index (κ3) is 4.68. The summed E-state index contributed by atoms with van der Waals surface area (Å²) in [6.07, 6.45) is -0.920. The first-order valence-electron chi connectivity index (χ1n) is 9.21. The number of hydrogen-bond acceptors (Lipinski definition) is 4. The number of carbonyl (C=O) groups is 2. The molecular formula is C22H22FN3O3. The highest BCUT2D eigenvalue weighted by Gasteiger charge is 2.18. The Balaban J connectivity index is 1.60. The van der Waals surface area contributed by atoms with Gasteiger partial charge in [-0.3, -0.25) is 25.4 Å². The van der Waals surface area contributed by atoms with Crippen LogP contribution in [0.3, 0.4) is 0 Å². The van der Waals surface area contributed by atoms with Crippen molar-refractivity contribution < 1.29 is 18.7 Å². The molecule has 0 saturated heterocycles. The van der Waals surface area contributed by atoms with E-state index in [1.54, 1.807) is 6.07 Å². The van der Waals surface area contributed by atoms with Gasteiger partial charge >= 0.3 is 0 Å². The summed E-state index contributed by atoms with van der Waals surface area (Å²) in [6, 6.07) is 13.5. The van der Waals surface area contributed by atoms with E-state index < -0.39 is 17.8 Å². The van der Waals surface area contributed by atoms with Crippen LogP contribution in [0.15, 0.2) is 48.5 Å². The summed E-state index contributed by atoms with van der Waals surface area (Å²) in [5, 5.41) is 0.983. The highest BCUT2D eigenvalue weighted by molar-refractivity contribution is 5.88. The number of pyridine rings is 1. The molecule has 3 rings (SSSR count). The quantitative estimate of drug-likeness (QED) is 0.651. The number of nitrogens with one attached hydrogen (secondary N) is 2. The largest absolute Gasteiger partial charge is 0.478 e. The molecule has 0 saturated carbocycles. The van der Waals surface area contributed by atoms with E-state index in [9.17, 15) is 14.0 Å². The minimum absolute atomic E-state index is 0.0324. The number of para-hydroxylation sites is 2. The maximum Gasteiger partial charge on any atom is 0.279 e. The first kappa shape index (κ1) is 20.3. The summed E-state index contributed by atoms with van der Waals surface area (Å²) < 4.78 is 18.9. The zero-order valence-corrected chi connectivity index (χ0v) is 16.5. The second-order valence-corrected chi connectivity index (χ2v) is 6.72. The Kier molecular flexibility index (Phi) is 6.07. The highest BCUT2D eigenvalue weighted by atomic mass is 19.1. The minimum atomic E-state index is -0.988. The molecule has 0 radical (unpaired) electrons. The number of carbonyl (C=O) groups excluding carboxylic acids is 2. The van der Waals surface area contributed by atoms with E-state index in [1.165, 1.54) is 25.1 Å². The molecule has 0 aliphatic rings. The number of benzene rings is 2. The highest BCUT2D eigenvalue weighted by Crippen LogP contribution is 2.22. The second kappa shape index (κ2) is 8.68. The van der Waals surface area contributed by atoms with Crippen LogP contribution in [0, 0.1) is 19.7 Å². The molecule has 1 aromatic heterocycles. The molecule has 1 unspecified atom stereocenters. The van der Waals surface area contributed by atoms with Gasteiger partial charge in [-0.1, -0.05) is 30.3 Å². The molecule has 0 aliphatic carbocycles. The van der Waals surface area contributed by atoms with Crippen LogP contribution in [-0.2, 0) is 16.0 Å². The van der Waals surface area contributed by atoms with E-state index >= 15 is 0 Å². The first-order valence-corrected chi connectivity index (χ1v) is 9.21. The lowest BCUT2D eigenvalue weighted by molar-refractivity contribution is -0.132. The lowest BCUT2D eigenvalue weighted by Crippen LogP contribution is -2.47. The summed E-state index contributed by atoms with van der Waals surface area (Å²) in [6.45, 7) is 5.27. The van der Waals surface area contributed by atoms with Crippen molar-refractivity contribution in [1.29, 1.82) is 0 Å². The average molecular weight is 395 g/mol. The normalized spacial score (nSPS) is 11.7. The van der Waals surface area contributed by atoms with Crippen LogP contribution in [0.1, 0.15) is 23.7 Å². The molecule has 2 aromatic carbocycles. The fourth-order valence-electron chi connectivity index (χ4n) is 3.05. The molecule has 150 valence electrons. The molecule has 0 bridgehead atoms. The lowest BCUT2D eigenvalue weighted by Gasteiger charge is -2.16. The minimum Gasteiger partial charge on any atom is -0.478 e. The number of ether oxygens (including phenoxy) is 1. The van der Waals surface area contributed by atoms with Gasteiger partial charge in [-0.05, 0) is 50.1 Å². The van der Waals surface area contributed by atoms with Crippen LogP contribution in [0.2, 0.25) is 0 Å². The van der Waals surface area contributed by atoms with Gasteiger partial charge < -0.3 is 4.74 Å². The van der Waals surface area contributed by atoms with E-state index in [2.05, 4.69) is 15.8 Å². The van der Waals surface area contributed by atoms with E-state index in [-0.39, 0.29) is 18.1 Å². The molecule has 2 amide bonds. The molecule has 29 heavy (non-hydrogen) atoms. The smallest absolute Gasteiger partial charge is 0.279 e. The standard InChI is InChI=1S/C22H22FN3O3/c1-13-16-8-4-6-10-19(16)24-14(2)17(13)12-21(27)25-26-22(28)15(3)29-20-11-7-5-9-18(20)23/h4-11,15H,12H2,1-3H3,(H,25,27)(H,26,28). The molecule has 7 heteroatoms. The fraction of sp³-hybridized carbons (Fsp3) is 0.227. The van der Waals surface area contributed by atoms with Crippen LogP contribution in [0.25, 0.3) is 10.9 Å². The summed E-state index contributed by atoms with van der Waals surface area (Å²) in [7, 11) is 0. The predicted molar refractivity (Wildman–Crippen MR) is 108 cm³/mol. The van der Waals surface area contributed by atoms with Gasteiger partial charge in [-0.15, -0.1) is 0 Å². The maximum atomic E-state index is 13.6. The number of fused-ring (bicyclic) bond motifs is 1. The number of nitrogens with zero attached hydrogens (tertiary/aromatic N) is 1. The number of amides is 2. The van der Waals surface area contributed by atoms with Crippen LogP contribution in [0.4, 0.5) is 4.39 Å². The van der Waals surface area contributed by atoms with Crippen molar-refractivity contribution >= 4 is 22.7 Å². The Morgan fingerprint density at radius 2 is 1.76 bits per heavy atom. The topological polar surface area (TPSA) is 80.3 Å². The van der Waals surface area contributed by atoms with Gasteiger partial charge in [-0.25, -0.2) is 4.39 Å². The van der Waals surface area contributed by atoms with E-state index in [0.29, 0.717) is 0 Å². The van der Waals surface area contributed by atoms with Crippen molar-refractivity contribution in [2.75, 3.05) is 0 Å². The summed E-state index contributed by atoms with van der Waals surface area (Å²) in [5.74, 6) is -1.58. The van der Waals surface area contributed by atoms with E-state index in [4.69, 9.17) is 4.74 Å². The zero-order valence-electron chi connectivity index (χ0n) is 16.5. The third-order valence-corrected chi connectivity index (χ3v) is 4.66. The molecule has 6 nitrogen and oxygen atoms in total. The number of aromatic nitrogens is 1. The molecule has 0 fully saturated rings. The van der Waals surface area contributed by atoms with Crippen molar-refractivity contribution in [2.45, 2.75) is 33.3 Å². The Hall–Kier alpha value is -3.48.